The van der Waals surface area contributed by atoms with E-state index >= 15 is 0 Å². The van der Waals surface area contributed by atoms with Gasteiger partial charge in [0.25, 0.3) is 0 Å². The van der Waals surface area contributed by atoms with Gasteiger partial charge < -0.3 is 9.18 Å². The zero-order valence-corrected chi connectivity index (χ0v) is 9.15. The molecule has 1 nitrogen and oxygen atoms in total. The molecule has 0 aromatic rings. The van der Waals surface area contributed by atoms with Crippen LogP contribution in [0, 0.1) is 0 Å². The van der Waals surface area contributed by atoms with Gasteiger partial charge in [-0.15, -0.1) is 0 Å². The quantitative estimate of drug-likeness (QED) is 0.467. The van der Waals surface area contributed by atoms with E-state index in [1.807, 2.05) is 0 Å². The van der Waals surface area contributed by atoms with Crippen molar-refractivity contribution in [2.24, 2.45) is 0 Å². The second kappa shape index (κ2) is 71.8. The van der Waals surface area contributed by atoms with Gasteiger partial charge in [-0.1, -0.05) is 6.54 Å². The molecule has 5 heteroatoms. The van der Waals surface area contributed by atoms with Crippen molar-refractivity contribution < 1.29 is 18.3 Å². The van der Waals surface area contributed by atoms with Crippen LogP contribution in [0.4, 0.5) is 13.5 Å². The molecule has 0 aliphatic heterocycles. The van der Waals surface area contributed by atoms with Crippen LogP contribution in [0.5, 0.6) is 0 Å². The van der Waals surface area contributed by atoms with Gasteiger partial charge in [-0.05, 0) is 0 Å². The zero-order chi connectivity index (χ0) is 4.71. The SMILES string of the molecule is FF.O=[C-]F.[Rf]. The van der Waals surface area contributed by atoms with Gasteiger partial charge in [0.05, 0.1) is 0 Å². The third-order valence-corrected chi connectivity index (χ3v) is 0. The van der Waals surface area contributed by atoms with Crippen LogP contribution in [0.15, 0.2) is 0 Å². The van der Waals surface area contributed by atoms with E-state index in [1.54, 1.807) is 0 Å². The zero-order valence-electron chi connectivity index (χ0n) is 2.75. The molecule has 0 spiro atoms. The summed E-state index contributed by atoms with van der Waals surface area (Å²) in [5.74, 6) is 0. The molecule has 0 heterocycles. The number of hydrogen-bond acceptors (Lipinski definition) is 1. The largest absolute Gasteiger partial charge is 0.507 e. The van der Waals surface area contributed by atoms with Crippen molar-refractivity contribution >= 4 is 6.54 Å². The fourth-order valence-electron chi connectivity index (χ4n) is 0. The van der Waals surface area contributed by atoms with Crippen molar-refractivity contribution in [1.82, 2.24) is 0 Å². The van der Waals surface area contributed by atoms with Gasteiger partial charge in [0.15, 0.2) is 0 Å². The summed E-state index contributed by atoms with van der Waals surface area (Å²) >= 11 is 0. The van der Waals surface area contributed by atoms with E-state index in [9.17, 15) is 4.39 Å². The smallest absolute Gasteiger partial charge is 0 e. The van der Waals surface area contributed by atoms with Crippen LogP contribution < -0.4 is 0 Å². The Bertz CT molecular complexity index is 18.3. The maximum absolute atomic E-state index is 9.49. The number of halogens is 3. The predicted molar refractivity (Wildman–Crippen MR) is 9.02 cm³/mol. The van der Waals surface area contributed by atoms with Gasteiger partial charge in [0.1, 0.15) is 0 Å². The van der Waals surface area contributed by atoms with Crippen LogP contribution >= 0.6 is 0 Å². The summed E-state index contributed by atoms with van der Waals surface area (Å²) in [5.41, 5.74) is 0. The first kappa shape index (κ1) is 25.0. The number of rotatable bonds is 0. The normalized spacial score (nSPS) is 3.17. The molecule has 6 heavy (non-hydrogen) atoms. The second-order valence-corrected chi connectivity index (χ2v) is 0.0772. The van der Waals surface area contributed by atoms with E-state index in [0.29, 0.717) is 0 Å². The summed E-state index contributed by atoms with van der Waals surface area (Å²) < 4.78 is 25.5. The van der Waals surface area contributed by atoms with Crippen molar-refractivity contribution in [1.29, 1.82) is 0 Å². The molecular formula is CF3ORf-. The Labute approximate surface area is 26.3 Å². The molecule has 0 aliphatic rings. The van der Waals surface area contributed by atoms with Gasteiger partial charge in [-0.25, -0.2) is 0 Å². The van der Waals surface area contributed by atoms with Gasteiger partial charge in [0.2, 0.25) is 0 Å². The van der Waals surface area contributed by atoms with E-state index in [4.69, 9.17) is 13.9 Å². The fraction of sp³-hybridized carbons (Fsp3) is 0. The van der Waals surface area contributed by atoms with Crippen LogP contribution in [0.3, 0.4) is 0 Å². The van der Waals surface area contributed by atoms with E-state index in [2.05, 4.69) is 0 Å². The summed E-state index contributed by atoms with van der Waals surface area (Å²) in [5, 5.41) is 0. The molecule has 0 N–H and O–H groups in total. The maximum atomic E-state index is 9.49. The molecule has 0 aromatic heterocycles. The van der Waals surface area contributed by atoms with Gasteiger partial charge in [-0.3, -0.25) is 0 Å². The Morgan fingerprint density at radius 2 is 1.33 bits per heavy atom. The Morgan fingerprint density at radius 3 is 1.33 bits per heavy atom. The number of hydrogen-bond donors (Lipinski definition) is 0. The first-order valence-corrected chi connectivity index (χ1v) is 0.536. The van der Waals surface area contributed by atoms with Gasteiger partial charge in [-0.2, -0.15) is 0 Å². The minimum atomic E-state index is 0. The first-order chi connectivity index (χ1) is 2.41. The van der Waals surface area contributed by atoms with Gasteiger partial charge in [0, 0.05) is 9.15 Å². The second-order valence-electron chi connectivity index (χ2n) is 0.0772. The van der Waals surface area contributed by atoms with Crippen LogP contribution in [0.1, 0.15) is 0 Å². The van der Waals surface area contributed by atoms with Crippen molar-refractivity contribution in [3.63, 3.8) is 0 Å². The molecule has 0 saturated heterocycles. The third kappa shape index (κ3) is 2.21. The molecule has 0 bridgehead atoms. The minimum absolute atomic E-state index is 0. The van der Waals surface area contributed by atoms with E-state index in [-0.39, 0.29) is 6.54 Å². The topological polar surface area (TPSA) is 17.1 Å². The maximum Gasteiger partial charge on any atom is 0 e. The standard InChI is InChI=1S/CFO.F2.Rf/c2-1-3;1-2;/q-1;;. The Kier molecular flexibility index (Phi) is 300. The monoisotopic (exact) mass is 352 g/mol. The number of carbonyl (C=O) groups excluding carboxylic acids is 1. The summed E-state index contributed by atoms with van der Waals surface area (Å²) in [6.07, 6.45) is 0. The molecule has 34 valence electrons. The van der Waals surface area contributed by atoms with Crippen molar-refractivity contribution in [2.45, 2.75) is 0 Å². The first-order valence-electron chi connectivity index (χ1n) is 0.536. The van der Waals surface area contributed by atoms with Crippen molar-refractivity contribution in [3.8, 4) is 0 Å². The molecular weight excluding hydrogens is 352 g/mol. The molecule has 0 amide bonds. The molecule has 0 aliphatic carbocycles. The third-order valence-electron chi connectivity index (χ3n) is 0. The molecule has 0 unspecified atom stereocenters. The Hall–Kier alpha value is -1.54. The average molecular weight is 352 g/mol. The Morgan fingerprint density at radius 1 is 1.33 bits per heavy atom. The van der Waals surface area contributed by atoms with Crippen LogP contribution in [0.2, 0.25) is 0 Å². The van der Waals surface area contributed by atoms with E-state index in [1.165, 1.54) is 0 Å². The van der Waals surface area contributed by atoms with Crippen molar-refractivity contribution in [3.05, 3.63) is 0 Å². The van der Waals surface area contributed by atoms with Crippen molar-refractivity contribution in [2.75, 3.05) is 0 Å². The average Bonchev–Trinajstić information content (AvgIpc) is 1.46. The summed E-state index contributed by atoms with van der Waals surface area (Å²) in [4.78, 5) is 8.01. The summed E-state index contributed by atoms with van der Waals surface area (Å²) in [7, 11) is 0. The van der Waals surface area contributed by atoms with Gasteiger partial charge >= 0.3 is 0 Å². The predicted octanol–water partition coefficient (Wildman–Crippen LogP) is 0.864. The summed E-state index contributed by atoms with van der Waals surface area (Å²) in [6, 6.07) is 0. The minimum Gasteiger partial charge on any atom is -0.507 e. The van der Waals surface area contributed by atoms with Crippen LogP contribution in [-0.4, -0.2) is 6.54 Å². The molecule has 0 saturated carbocycles. The Balaban J connectivity index is -0.0000000275. The molecule has 0 atom stereocenters. The fourth-order valence-corrected chi connectivity index (χ4v) is 0. The molecule has 0 aromatic carbocycles. The molecule has 0 radical (unpaired) electrons. The van der Waals surface area contributed by atoms with E-state index < -0.39 is 0 Å². The van der Waals surface area contributed by atoms with Crippen LogP contribution in [-0.2, 0) is 4.79 Å². The molecule has 0 rings (SSSR count). The molecule has 0 fully saturated rings. The van der Waals surface area contributed by atoms with E-state index in [0.717, 1.165) is 0 Å². The van der Waals surface area contributed by atoms with Crippen LogP contribution in [0.25, 0.3) is 0 Å². The summed E-state index contributed by atoms with van der Waals surface area (Å²) in [6.45, 7) is 0.